The number of aromatic nitrogens is 2. The Labute approximate surface area is 121 Å². The Bertz CT molecular complexity index is 439. The van der Waals surface area contributed by atoms with E-state index in [0.717, 1.165) is 37.9 Å². The fourth-order valence-electron chi connectivity index (χ4n) is 2.81. The highest BCUT2D eigenvalue weighted by Crippen LogP contribution is 2.21. The second-order valence-corrected chi connectivity index (χ2v) is 8.20. The van der Waals surface area contributed by atoms with Gasteiger partial charge in [0, 0.05) is 37.9 Å². The maximum atomic E-state index is 6.02. The molecular weight excluding hydrogens is 274 g/mol. The Morgan fingerprint density at radius 3 is 2.20 bits per heavy atom. The third-order valence-electron chi connectivity index (χ3n) is 3.92. The van der Waals surface area contributed by atoms with E-state index in [1.807, 2.05) is 11.6 Å². The molecular formula is C13H23N3O3Si. The van der Waals surface area contributed by atoms with E-state index in [1.165, 1.54) is 5.69 Å². The van der Waals surface area contributed by atoms with Crippen molar-refractivity contribution in [1.82, 2.24) is 14.7 Å². The fraction of sp³-hybridized carbons (Fsp3) is 0.769. The summed E-state index contributed by atoms with van der Waals surface area (Å²) >= 11 is 0. The number of hydrogen-bond donors (Lipinski definition) is 0. The van der Waals surface area contributed by atoms with Crippen molar-refractivity contribution < 1.29 is 13.3 Å². The van der Waals surface area contributed by atoms with Crippen LogP contribution in [-0.4, -0.2) is 62.9 Å². The second kappa shape index (κ2) is 5.95. The first-order valence-corrected chi connectivity index (χ1v) is 9.25. The third-order valence-corrected chi connectivity index (χ3v) is 6.69. The second-order valence-electron chi connectivity index (χ2n) is 5.47. The normalized spacial score (nSPS) is 30.8. The quantitative estimate of drug-likeness (QED) is 0.773. The minimum Gasteiger partial charge on any atom is -0.372 e. The van der Waals surface area contributed by atoms with E-state index < -0.39 is 8.80 Å². The largest absolute Gasteiger partial charge is 0.502 e. The van der Waals surface area contributed by atoms with E-state index in [2.05, 4.69) is 23.0 Å². The van der Waals surface area contributed by atoms with Crippen LogP contribution in [0.25, 0.3) is 0 Å². The molecule has 112 valence electrons. The van der Waals surface area contributed by atoms with Gasteiger partial charge in [-0.2, -0.15) is 5.10 Å². The number of fused-ring (bicyclic) bond motifs is 6. The lowest BCUT2D eigenvalue weighted by Gasteiger charge is -2.38. The van der Waals surface area contributed by atoms with Gasteiger partial charge in [0.15, 0.2) is 0 Å². The predicted octanol–water partition coefficient (Wildman–Crippen LogP) is 0.818. The molecule has 0 spiro atoms. The summed E-state index contributed by atoms with van der Waals surface area (Å²) in [5, 5.41) is 4.50. The fourth-order valence-corrected chi connectivity index (χ4v) is 5.19. The van der Waals surface area contributed by atoms with Gasteiger partial charge in [0.25, 0.3) is 0 Å². The molecule has 0 atom stereocenters. The summed E-state index contributed by atoms with van der Waals surface area (Å²) in [4.78, 5) is 2.33. The van der Waals surface area contributed by atoms with Crippen LogP contribution >= 0.6 is 0 Å². The van der Waals surface area contributed by atoms with Crippen molar-refractivity contribution in [2.24, 2.45) is 0 Å². The molecule has 3 saturated heterocycles. The van der Waals surface area contributed by atoms with E-state index in [1.54, 1.807) is 0 Å². The predicted molar refractivity (Wildman–Crippen MR) is 76.6 cm³/mol. The van der Waals surface area contributed by atoms with Crippen LogP contribution in [0.1, 0.15) is 11.4 Å². The highest BCUT2D eigenvalue weighted by Gasteiger charge is 2.43. The Morgan fingerprint density at radius 1 is 1.10 bits per heavy atom. The van der Waals surface area contributed by atoms with Crippen LogP contribution in [0.2, 0.25) is 6.04 Å². The van der Waals surface area contributed by atoms with Crippen molar-refractivity contribution in [3.05, 3.63) is 17.5 Å². The summed E-state index contributed by atoms with van der Waals surface area (Å²) in [5.74, 6) is 0. The molecule has 3 aliphatic rings. The maximum Gasteiger partial charge on any atom is 0.502 e. The zero-order valence-electron chi connectivity index (χ0n) is 12.3. The standard InChI is InChI=1S/C13H23N3O3Si/c1-12-11-13(2)16(14-12)6-10-20-17-7-3-15(4-8-18-20)5-9-19-20/h11H,3-10H2,1-2H3. The van der Waals surface area contributed by atoms with Crippen LogP contribution in [0.4, 0.5) is 0 Å². The van der Waals surface area contributed by atoms with Crippen LogP contribution in [0, 0.1) is 13.8 Å². The summed E-state index contributed by atoms with van der Waals surface area (Å²) < 4.78 is 20.1. The van der Waals surface area contributed by atoms with Gasteiger partial charge in [-0.1, -0.05) is 0 Å². The van der Waals surface area contributed by atoms with Gasteiger partial charge in [0.1, 0.15) is 0 Å². The Hall–Kier alpha value is -0.733. The smallest absolute Gasteiger partial charge is 0.372 e. The molecule has 3 aliphatic heterocycles. The zero-order valence-corrected chi connectivity index (χ0v) is 13.3. The van der Waals surface area contributed by atoms with Crippen molar-refractivity contribution in [1.29, 1.82) is 0 Å². The summed E-state index contributed by atoms with van der Waals surface area (Å²) in [5.41, 5.74) is 2.23. The Balaban J connectivity index is 1.68. The van der Waals surface area contributed by atoms with Crippen molar-refractivity contribution in [2.75, 3.05) is 39.5 Å². The summed E-state index contributed by atoms with van der Waals surface area (Å²) in [6, 6.07) is 2.89. The molecule has 0 N–H and O–H groups in total. The molecule has 0 amide bonds. The van der Waals surface area contributed by atoms with E-state index >= 15 is 0 Å². The van der Waals surface area contributed by atoms with Crippen molar-refractivity contribution in [3.8, 4) is 0 Å². The van der Waals surface area contributed by atoms with Crippen LogP contribution < -0.4 is 0 Å². The summed E-state index contributed by atoms with van der Waals surface area (Å²) in [7, 11) is -2.51. The molecule has 0 aromatic carbocycles. The van der Waals surface area contributed by atoms with Crippen LogP contribution in [0.3, 0.4) is 0 Å². The lowest BCUT2D eigenvalue weighted by atomic mass is 10.4. The average molecular weight is 297 g/mol. The summed E-state index contributed by atoms with van der Waals surface area (Å²) in [6.45, 7) is 9.99. The molecule has 0 radical (unpaired) electrons. The number of hydrogen-bond acceptors (Lipinski definition) is 5. The average Bonchev–Trinajstić information content (AvgIpc) is 2.65. The topological polar surface area (TPSA) is 48.8 Å². The number of rotatable bonds is 3. The van der Waals surface area contributed by atoms with Gasteiger partial charge in [-0.25, -0.2) is 0 Å². The lowest BCUT2D eigenvalue weighted by molar-refractivity contribution is -0.00899. The van der Waals surface area contributed by atoms with Crippen molar-refractivity contribution >= 4 is 8.80 Å². The first kappa shape index (κ1) is 14.2. The lowest BCUT2D eigenvalue weighted by Crippen LogP contribution is -2.55. The first-order chi connectivity index (χ1) is 9.67. The van der Waals surface area contributed by atoms with Gasteiger partial charge in [0.05, 0.1) is 25.5 Å². The van der Waals surface area contributed by atoms with Gasteiger partial charge in [-0.3, -0.25) is 9.58 Å². The molecule has 6 nitrogen and oxygen atoms in total. The molecule has 0 unspecified atom stereocenters. The molecule has 0 aliphatic carbocycles. The minimum absolute atomic E-state index is 0.712. The van der Waals surface area contributed by atoms with E-state index in [9.17, 15) is 0 Å². The van der Waals surface area contributed by atoms with Crippen LogP contribution in [0.5, 0.6) is 0 Å². The molecule has 4 rings (SSSR count). The zero-order chi connectivity index (χ0) is 14.0. The maximum absolute atomic E-state index is 6.02. The molecule has 3 fully saturated rings. The molecule has 1 aromatic heterocycles. The third kappa shape index (κ3) is 3.12. The van der Waals surface area contributed by atoms with Gasteiger partial charge in [-0.15, -0.1) is 0 Å². The molecule has 20 heavy (non-hydrogen) atoms. The van der Waals surface area contributed by atoms with E-state index in [4.69, 9.17) is 13.3 Å². The summed E-state index contributed by atoms with van der Waals surface area (Å²) in [6.07, 6.45) is 0. The highest BCUT2D eigenvalue weighted by atomic mass is 28.4. The molecule has 0 saturated carbocycles. The van der Waals surface area contributed by atoms with Crippen molar-refractivity contribution in [2.45, 2.75) is 26.4 Å². The molecule has 2 bridgehead atoms. The van der Waals surface area contributed by atoms with Gasteiger partial charge in [0.2, 0.25) is 0 Å². The van der Waals surface area contributed by atoms with E-state index in [0.29, 0.717) is 19.8 Å². The van der Waals surface area contributed by atoms with Gasteiger partial charge in [-0.05, 0) is 19.9 Å². The van der Waals surface area contributed by atoms with E-state index in [-0.39, 0.29) is 0 Å². The number of nitrogens with zero attached hydrogens (tertiary/aromatic N) is 3. The Kier molecular flexibility index (Phi) is 4.23. The van der Waals surface area contributed by atoms with Gasteiger partial charge < -0.3 is 13.3 Å². The number of aryl methyl sites for hydroxylation is 3. The highest BCUT2D eigenvalue weighted by molar-refractivity contribution is 6.60. The Morgan fingerprint density at radius 2 is 1.70 bits per heavy atom. The molecule has 1 aromatic rings. The monoisotopic (exact) mass is 297 g/mol. The first-order valence-electron chi connectivity index (χ1n) is 7.32. The van der Waals surface area contributed by atoms with Gasteiger partial charge >= 0.3 is 8.80 Å². The minimum atomic E-state index is -2.51. The molecule has 4 heterocycles. The van der Waals surface area contributed by atoms with Crippen LogP contribution in [-0.2, 0) is 19.8 Å². The van der Waals surface area contributed by atoms with Crippen molar-refractivity contribution in [3.63, 3.8) is 0 Å². The molecule has 7 heteroatoms. The SMILES string of the molecule is Cc1cc(C)n(CC[Si]23OCCN(CCO2)CCO3)n1. The van der Waals surface area contributed by atoms with Crippen LogP contribution in [0.15, 0.2) is 6.07 Å².